The van der Waals surface area contributed by atoms with Crippen LogP contribution in [0.2, 0.25) is 0 Å². The molecule has 1 saturated heterocycles. The van der Waals surface area contributed by atoms with E-state index in [0.29, 0.717) is 5.92 Å². The first kappa shape index (κ1) is 16.5. The Balaban J connectivity index is 1.91. The molecule has 2 heterocycles. The minimum absolute atomic E-state index is 0.144. The highest BCUT2D eigenvalue weighted by Gasteiger charge is 2.30. The average Bonchev–Trinajstić information content (AvgIpc) is 2.64. The van der Waals surface area contributed by atoms with E-state index in [9.17, 15) is 4.79 Å². The first-order valence-electron chi connectivity index (χ1n) is 8.52. The molecule has 126 valence electrons. The van der Waals surface area contributed by atoms with Crippen LogP contribution in [0.15, 0.2) is 48.7 Å². The Morgan fingerprint density at radius 1 is 1.17 bits per heavy atom. The molecule has 0 radical (unpaired) electrons. The predicted molar refractivity (Wildman–Crippen MR) is 94.1 cm³/mol. The molecule has 0 bridgehead atoms. The van der Waals surface area contributed by atoms with Crippen molar-refractivity contribution in [3.63, 3.8) is 0 Å². The van der Waals surface area contributed by atoms with Crippen molar-refractivity contribution < 1.29 is 9.53 Å². The third kappa shape index (κ3) is 3.58. The predicted octanol–water partition coefficient (Wildman–Crippen LogP) is 3.48. The molecule has 1 fully saturated rings. The summed E-state index contributed by atoms with van der Waals surface area (Å²) in [5.41, 5.74) is 1.75. The van der Waals surface area contributed by atoms with E-state index in [4.69, 9.17) is 4.74 Å². The fourth-order valence-electron chi connectivity index (χ4n) is 3.19. The molecule has 1 unspecified atom stereocenters. The van der Waals surface area contributed by atoms with E-state index in [2.05, 4.69) is 11.9 Å². The van der Waals surface area contributed by atoms with Gasteiger partial charge in [-0.05, 0) is 48.6 Å². The maximum Gasteiger partial charge on any atom is 0.236 e. The zero-order valence-electron chi connectivity index (χ0n) is 14.3. The second-order valence-corrected chi connectivity index (χ2v) is 6.47. The van der Waals surface area contributed by atoms with Gasteiger partial charge in [-0.25, -0.2) is 0 Å². The summed E-state index contributed by atoms with van der Waals surface area (Å²) in [4.78, 5) is 19.7. The molecule has 4 heteroatoms. The van der Waals surface area contributed by atoms with Crippen LogP contribution < -0.4 is 4.74 Å². The van der Waals surface area contributed by atoms with Gasteiger partial charge in [0.25, 0.3) is 0 Å². The van der Waals surface area contributed by atoms with Crippen LogP contribution in [-0.4, -0.2) is 36.0 Å². The van der Waals surface area contributed by atoms with Gasteiger partial charge in [-0.15, -0.1) is 0 Å². The highest BCUT2D eigenvalue weighted by molar-refractivity contribution is 5.86. The Kier molecular flexibility index (Phi) is 5.14. The number of carbonyl (C=O) groups excluding carboxylic acids is 1. The van der Waals surface area contributed by atoms with E-state index in [1.54, 1.807) is 13.3 Å². The van der Waals surface area contributed by atoms with Crippen LogP contribution in [0.1, 0.15) is 36.9 Å². The van der Waals surface area contributed by atoms with Crippen molar-refractivity contribution >= 4 is 5.91 Å². The largest absolute Gasteiger partial charge is 0.497 e. The number of benzene rings is 1. The van der Waals surface area contributed by atoms with Gasteiger partial charge >= 0.3 is 0 Å². The van der Waals surface area contributed by atoms with Crippen LogP contribution >= 0.6 is 0 Å². The van der Waals surface area contributed by atoms with E-state index in [1.165, 1.54) is 0 Å². The maximum atomic E-state index is 13.2. The number of nitrogens with zero attached hydrogens (tertiary/aromatic N) is 2. The number of rotatable bonds is 4. The van der Waals surface area contributed by atoms with Crippen LogP contribution in [0.5, 0.6) is 5.75 Å². The summed E-state index contributed by atoms with van der Waals surface area (Å²) in [5, 5.41) is 0. The minimum atomic E-state index is -0.356. The molecule has 4 nitrogen and oxygen atoms in total. The number of piperidine rings is 1. The molecular formula is C20H24N2O2. The van der Waals surface area contributed by atoms with E-state index in [1.807, 2.05) is 47.4 Å². The van der Waals surface area contributed by atoms with Crippen molar-refractivity contribution in [3.8, 4) is 5.75 Å². The zero-order valence-corrected chi connectivity index (χ0v) is 14.3. The smallest absolute Gasteiger partial charge is 0.236 e. The fraction of sp³-hybridized carbons (Fsp3) is 0.400. The number of methoxy groups -OCH3 is 1. The number of hydrogen-bond donors (Lipinski definition) is 0. The van der Waals surface area contributed by atoms with Crippen molar-refractivity contribution in [1.82, 2.24) is 9.88 Å². The zero-order chi connectivity index (χ0) is 16.9. The molecule has 24 heavy (non-hydrogen) atoms. The molecule has 1 aromatic heterocycles. The number of carbonyl (C=O) groups is 1. The average molecular weight is 324 g/mol. The van der Waals surface area contributed by atoms with Crippen LogP contribution in [0.25, 0.3) is 0 Å². The molecule has 0 spiro atoms. The quantitative estimate of drug-likeness (QED) is 0.865. The summed E-state index contributed by atoms with van der Waals surface area (Å²) < 4.78 is 5.23. The van der Waals surface area contributed by atoms with Gasteiger partial charge in [0.15, 0.2) is 0 Å². The molecule has 1 aliphatic rings. The molecule has 1 amide bonds. The number of aromatic nitrogens is 1. The maximum absolute atomic E-state index is 13.2. The van der Waals surface area contributed by atoms with Crippen LogP contribution in [-0.2, 0) is 4.79 Å². The molecule has 3 rings (SSSR count). The second-order valence-electron chi connectivity index (χ2n) is 6.47. The summed E-state index contributed by atoms with van der Waals surface area (Å²) in [6.45, 7) is 3.92. The lowest BCUT2D eigenvalue weighted by molar-refractivity contribution is -0.133. The Labute approximate surface area is 143 Å². The third-order valence-corrected chi connectivity index (χ3v) is 4.77. The molecule has 0 aliphatic carbocycles. The first-order valence-corrected chi connectivity index (χ1v) is 8.52. The summed E-state index contributed by atoms with van der Waals surface area (Å²) in [6.07, 6.45) is 3.89. The standard InChI is InChI=1S/C20H24N2O2/c1-15-10-13-22(14-11-15)20(23)19(18-5-3-4-12-21-18)16-6-8-17(24-2)9-7-16/h3-9,12,15,19H,10-11,13-14H2,1-2H3. The Hall–Kier alpha value is -2.36. The summed E-state index contributed by atoms with van der Waals surface area (Å²) >= 11 is 0. The molecule has 1 aromatic carbocycles. The van der Waals surface area contributed by atoms with E-state index in [0.717, 1.165) is 42.9 Å². The van der Waals surface area contributed by atoms with E-state index < -0.39 is 0 Å². The highest BCUT2D eigenvalue weighted by atomic mass is 16.5. The number of likely N-dealkylation sites (tertiary alicyclic amines) is 1. The molecule has 2 aromatic rings. The van der Waals surface area contributed by atoms with Gasteiger partial charge in [0.05, 0.1) is 12.8 Å². The van der Waals surface area contributed by atoms with Crippen molar-refractivity contribution in [3.05, 3.63) is 59.9 Å². The Morgan fingerprint density at radius 2 is 1.88 bits per heavy atom. The molecule has 1 aliphatic heterocycles. The van der Waals surface area contributed by atoms with Crippen molar-refractivity contribution in [2.75, 3.05) is 20.2 Å². The number of amides is 1. The highest BCUT2D eigenvalue weighted by Crippen LogP contribution is 2.29. The van der Waals surface area contributed by atoms with E-state index in [-0.39, 0.29) is 11.8 Å². The minimum Gasteiger partial charge on any atom is -0.497 e. The van der Waals surface area contributed by atoms with Gasteiger partial charge in [-0.3, -0.25) is 9.78 Å². The van der Waals surface area contributed by atoms with E-state index >= 15 is 0 Å². The summed E-state index contributed by atoms with van der Waals surface area (Å²) in [7, 11) is 1.64. The van der Waals surface area contributed by atoms with Gasteiger partial charge in [-0.2, -0.15) is 0 Å². The number of pyridine rings is 1. The number of hydrogen-bond acceptors (Lipinski definition) is 3. The van der Waals surface area contributed by atoms with Crippen LogP contribution in [0.4, 0.5) is 0 Å². The van der Waals surface area contributed by atoms with Gasteiger partial charge in [-0.1, -0.05) is 25.1 Å². The lowest BCUT2D eigenvalue weighted by atomic mass is 9.91. The molecule has 0 N–H and O–H groups in total. The van der Waals surface area contributed by atoms with Crippen molar-refractivity contribution in [2.24, 2.45) is 5.92 Å². The normalized spacial score (nSPS) is 16.7. The van der Waals surface area contributed by atoms with Crippen LogP contribution in [0, 0.1) is 5.92 Å². The fourth-order valence-corrected chi connectivity index (χ4v) is 3.19. The summed E-state index contributed by atoms with van der Waals surface area (Å²) in [5.74, 6) is 1.28. The van der Waals surface area contributed by atoms with Gasteiger partial charge in [0, 0.05) is 19.3 Å². The van der Waals surface area contributed by atoms with Gasteiger partial charge in [0.1, 0.15) is 11.7 Å². The lowest BCUT2D eigenvalue weighted by Gasteiger charge is -2.33. The van der Waals surface area contributed by atoms with Gasteiger partial charge < -0.3 is 9.64 Å². The topological polar surface area (TPSA) is 42.4 Å². The SMILES string of the molecule is COc1ccc(C(C(=O)N2CCC(C)CC2)c2ccccn2)cc1. The van der Waals surface area contributed by atoms with Gasteiger partial charge in [0.2, 0.25) is 5.91 Å². The van der Waals surface area contributed by atoms with Crippen molar-refractivity contribution in [2.45, 2.75) is 25.7 Å². The molecule has 0 saturated carbocycles. The monoisotopic (exact) mass is 324 g/mol. The lowest BCUT2D eigenvalue weighted by Crippen LogP contribution is -2.41. The third-order valence-electron chi connectivity index (χ3n) is 4.77. The van der Waals surface area contributed by atoms with Crippen molar-refractivity contribution in [1.29, 1.82) is 0 Å². The molecule has 1 atom stereocenters. The number of ether oxygens (including phenoxy) is 1. The molecular weight excluding hydrogens is 300 g/mol. The second kappa shape index (κ2) is 7.47. The Bertz CT molecular complexity index is 662. The summed E-state index contributed by atoms with van der Waals surface area (Å²) in [6, 6.07) is 13.5. The van der Waals surface area contributed by atoms with Crippen LogP contribution in [0.3, 0.4) is 0 Å². The first-order chi connectivity index (χ1) is 11.7. The Morgan fingerprint density at radius 3 is 2.46 bits per heavy atom.